The van der Waals surface area contributed by atoms with Gasteiger partial charge in [0.05, 0.1) is 27.7 Å². The molecule has 0 bridgehead atoms. The van der Waals surface area contributed by atoms with Gasteiger partial charge in [0.1, 0.15) is 19.8 Å². The minimum absolute atomic E-state index is 0.0334. The van der Waals surface area contributed by atoms with Gasteiger partial charge in [-0.05, 0) is 109 Å². The molecule has 0 aromatic heterocycles. The molecule has 0 saturated carbocycles. The summed E-state index contributed by atoms with van der Waals surface area (Å²) in [6, 6.07) is 0. The van der Waals surface area contributed by atoms with Crippen LogP contribution in [-0.2, 0) is 32.7 Å². The quantitative estimate of drug-likeness (QED) is 0.0195. The molecule has 540 valence electrons. The van der Waals surface area contributed by atoms with E-state index in [9.17, 15) is 19.0 Å². The van der Waals surface area contributed by atoms with E-state index in [-0.39, 0.29) is 32.0 Å². The van der Waals surface area contributed by atoms with Crippen LogP contribution in [-0.4, -0.2) is 70.0 Å². The van der Waals surface area contributed by atoms with Gasteiger partial charge in [0, 0.05) is 12.8 Å². The van der Waals surface area contributed by atoms with Crippen LogP contribution in [0, 0.1) is 0 Å². The van der Waals surface area contributed by atoms with E-state index in [2.05, 4.69) is 148 Å². The number of phosphoric ester groups is 1. The summed E-state index contributed by atoms with van der Waals surface area (Å²) in [6.45, 7) is 4.05. The van der Waals surface area contributed by atoms with Gasteiger partial charge in [0.25, 0.3) is 7.82 Å². The monoisotopic (exact) mass is 1330 g/mol. The van der Waals surface area contributed by atoms with E-state index in [1.54, 1.807) is 0 Å². The molecule has 0 aliphatic rings. The minimum atomic E-state index is -4.65. The molecule has 0 amide bonds. The Labute approximate surface area is 581 Å². The van der Waals surface area contributed by atoms with E-state index in [1.807, 2.05) is 21.1 Å². The lowest BCUT2D eigenvalue weighted by atomic mass is 10.0. The third kappa shape index (κ3) is 77.2. The number of phosphoric acid groups is 1. The van der Waals surface area contributed by atoms with Gasteiger partial charge in [-0.3, -0.25) is 14.2 Å². The standard InChI is InChI=1S/C84H146NO8P/c1-6-8-10-12-14-16-18-20-22-24-26-28-30-32-34-36-38-40-41-42-43-45-47-49-51-53-55-57-59-61-63-65-67-69-71-73-75-77-84(87)93-82(81-92-94(88,89)91-79-78-85(3,4)5)80-90-83(86)76-74-72-70-68-66-64-62-60-58-56-54-52-50-48-46-44-39-37-35-33-31-29-27-25-23-21-19-17-15-13-11-9-7-2/h8-11,14-17,20-23,26-29,32-35,38,40,82H,6-7,12-13,18-19,24-25,30-31,36-37,39,41-81H2,1-5H3/b10-8-,11-9-,16-14-,17-15-,22-20-,23-21-,28-26-,29-27-,34-32-,35-33-,40-38-. The molecule has 0 aromatic rings. The van der Waals surface area contributed by atoms with Crippen molar-refractivity contribution in [2.24, 2.45) is 0 Å². The fourth-order valence-corrected chi connectivity index (χ4v) is 11.5. The van der Waals surface area contributed by atoms with Crippen molar-refractivity contribution in [3.8, 4) is 0 Å². The number of rotatable bonds is 71. The third-order valence-electron chi connectivity index (χ3n) is 16.7. The smallest absolute Gasteiger partial charge is 0.306 e. The van der Waals surface area contributed by atoms with Crippen LogP contribution in [0.2, 0.25) is 0 Å². The number of unbranched alkanes of at least 4 members (excludes halogenated alkanes) is 35. The minimum Gasteiger partial charge on any atom is -0.756 e. The molecular weight excluding hydrogens is 1180 g/mol. The highest BCUT2D eigenvalue weighted by atomic mass is 31.2. The van der Waals surface area contributed by atoms with E-state index < -0.39 is 26.5 Å². The van der Waals surface area contributed by atoms with Crippen LogP contribution in [0.3, 0.4) is 0 Å². The zero-order valence-corrected chi connectivity index (χ0v) is 62.5. The summed E-state index contributed by atoms with van der Waals surface area (Å²) in [4.78, 5) is 38.2. The Balaban J connectivity index is 3.98. The molecule has 0 spiro atoms. The molecule has 0 N–H and O–H groups in total. The van der Waals surface area contributed by atoms with Crippen LogP contribution in [0.15, 0.2) is 134 Å². The first-order valence-corrected chi connectivity index (χ1v) is 40.4. The molecule has 0 heterocycles. The van der Waals surface area contributed by atoms with Crippen LogP contribution in [0.4, 0.5) is 0 Å². The molecule has 0 aromatic carbocycles. The summed E-state index contributed by atoms with van der Waals surface area (Å²) in [5, 5.41) is 0. The van der Waals surface area contributed by atoms with E-state index >= 15 is 0 Å². The zero-order valence-electron chi connectivity index (χ0n) is 61.6. The normalized spacial score (nSPS) is 13.8. The Hall–Kier alpha value is -3.85. The van der Waals surface area contributed by atoms with Gasteiger partial charge in [0.15, 0.2) is 6.10 Å². The van der Waals surface area contributed by atoms with Gasteiger partial charge in [-0.15, -0.1) is 0 Å². The van der Waals surface area contributed by atoms with Crippen LogP contribution >= 0.6 is 7.82 Å². The summed E-state index contributed by atoms with van der Waals surface area (Å²) >= 11 is 0. The Kier molecular flexibility index (Phi) is 70.4. The first-order chi connectivity index (χ1) is 46.0. The average molecular weight is 1330 g/mol. The highest BCUT2D eigenvalue weighted by Gasteiger charge is 2.22. The van der Waals surface area contributed by atoms with E-state index in [0.29, 0.717) is 17.4 Å². The number of carbonyl (C=O) groups is 2. The molecule has 0 fully saturated rings. The van der Waals surface area contributed by atoms with Crippen molar-refractivity contribution in [3.05, 3.63) is 134 Å². The molecule has 9 nitrogen and oxygen atoms in total. The number of esters is 2. The Morgan fingerprint density at radius 3 is 0.851 bits per heavy atom. The maximum absolute atomic E-state index is 12.9. The molecule has 94 heavy (non-hydrogen) atoms. The van der Waals surface area contributed by atoms with Gasteiger partial charge in [-0.2, -0.15) is 0 Å². The Morgan fingerprint density at radius 1 is 0.330 bits per heavy atom. The Morgan fingerprint density at radius 2 is 0.574 bits per heavy atom. The fourth-order valence-electron chi connectivity index (χ4n) is 10.8. The SMILES string of the molecule is CC/C=C\C/C=C\C/C=C\C/C=C\C/C=C\C/C=C\CCCCCCCCCCCCCCCCCCCCC(=O)OC(COC(=O)CCCCCCCCCCCCCCCCCCC/C=C\C/C=C\C/C=C\C/C=C\C/C=C\CC)COP(=O)([O-])OCC[N+](C)(C)C. The second-order valence-electron chi connectivity index (χ2n) is 27.0. The van der Waals surface area contributed by atoms with Crippen molar-refractivity contribution in [2.75, 3.05) is 47.5 Å². The maximum Gasteiger partial charge on any atom is 0.306 e. The van der Waals surface area contributed by atoms with E-state index in [0.717, 1.165) is 109 Å². The van der Waals surface area contributed by atoms with Crippen LogP contribution in [0.25, 0.3) is 0 Å². The topological polar surface area (TPSA) is 111 Å². The summed E-state index contributed by atoms with van der Waals surface area (Å²) in [6.07, 6.45) is 107. The number of carbonyl (C=O) groups excluding carboxylic acids is 2. The van der Waals surface area contributed by atoms with Gasteiger partial charge in [0.2, 0.25) is 0 Å². The summed E-state index contributed by atoms with van der Waals surface area (Å²) in [5.41, 5.74) is 0. The second-order valence-corrected chi connectivity index (χ2v) is 28.4. The molecule has 0 radical (unpaired) electrons. The molecule has 0 saturated heterocycles. The molecule has 0 aliphatic heterocycles. The van der Waals surface area contributed by atoms with Gasteiger partial charge in [-0.1, -0.05) is 347 Å². The molecular formula is C84H146NO8P. The average Bonchev–Trinajstić information content (AvgIpc) is 1.56. The lowest BCUT2D eigenvalue weighted by molar-refractivity contribution is -0.870. The maximum atomic E-state index is 12.9. The molecule has 2 atom stereocenters. The van der Waals surface area contributed by atoms with Crippen molar-refractivity contribution >= 4 is 19.8 Å². The first kappa shape index (κ1) is 90.2. The first-order valence-electron chi connectivity index (χ1n) is 38.9. The third-order valence-corrected chi connectivity index (χ3v) is 17.6. The van der Waals surface area contributed by atoms with Crippen molar-refractivity contribution in [1.82, 2.24) is 0 Å². The number of allylic oxidation sites excluding steroid dienone is 22. The highest BCUT2D eigenvalue weighted by Crippen LogP contribution is 2.38. The fraction of sp³-hybridized carbons (Fsp3) is 0.714. The van der Waals surface area contributed by atoms with Crippen molar-refractivity contribution in [1.29, 1.82) is 0 Å². The number of hydrogen-bond donors (Lipinski definition) is 0. The van der Waals surface area contributed by atoms with Crippen molar-refractivity contribution in [3.63, 3.8) is 0 Å². The lowest BCUT2D eigenvalue weighted by Crippen LogP contribution is -2.37. The number of hydrogen-bond acceptors (Lipinski definition) is 8. The van der Waals surface area contributed by atoms with Crippen molar-refractivity contribution < 1.29 is 42.1 Å². The molecule has 2 unspecified atom stereocenters. The number of likely N-dealkylation sites (N-methyl/N-ethyl adjacent to an activating group) is 1. The molecule has 0 rings (SSSR count). The van der Waals surface area contributed by atoms with Gasteiger partial charge in [-0.25, -0.2) is 0 Å². The predicted molar refractivity (Wildman–Crippen MR) is 406 cm³/mol. The Bertz CT molecular complexity index is 2050. The summed E-state index contributed by atoms with van der Waals surface area (Å²) < 4.78 is 34.4. The van der Waals surface area contributed by atoms with Gasteiger partial charge < -0.3 is 27.9 Å². The van der Waals surface area contributed by atoms with Crippen LogP contribution in [0.1, 0.15) is 335 Å². The van der Waals surface area contributed by atoms with E-state index in [4.69, 9.17) is 18.5 Å². The summed E-state index contributed by atoms with van der Waals surface area (Å²) in [7, 11) is 1.17. The number of nitrogens with zero attached hydrogens (tertiary/aromatic N) is 1. The van der Waals surface area contributed by atoms with E-state index in [1.165, 1.54) is 193 Å². The highest BCUT2D eigenvalue weighted by molar-refractivity contribution is 7.45. The lowest BCUT2D eigenvalue weighted by Gasteiger charge is -2.28. The molecule has 10 heteroatoms. The second kappa shape index (κ2) is 73.4. The number of quaternary nitrogens is 1. The van der Waals surface area contributed by atoms with Crippen molar-refractivity contribution in [2.45, 2.75) is 341 Å². The van der Waals surface area contributed by atoms with Gasteiger partial charge >= 0.3 is 11.9 Å². The zero-order chi connectivity index (χ0) is 68.3. The predicted octanol–water partition coefficient (Wildman–Crippen LogP) is 25.3. The summed E-state index contributed by atoms with van der Waals surface area (Å²) in [5.74, 6) is -0.824. The molecule has 0 aliphatic carbocycles. The largest absolute Gasteiger partial charge is 0.756 e. The number of ether oxygens (including phenoxy) is 2. The van der Waals surface area contributed by atoms with Crippen LogP contribution in [0.5, 0.6) is 0 Å². The van der Waals surface area contributed by atoms with Crippen LogP contribution < -0.4 is 4.89 Å².